The Bertz CT molecular complexity index is 1240. The summed E-state index contributed by atoms with van der Waals surface area (Å²) in [5.74, 6) is 0. The molecule has 0 aliphatic heterocycles. The first-order chi connectivity index (χ1) is 13.8. The minimum absolute atomic E-state index is 0. The molecule has 0 aliphatic carbocycles. The van der Waals surface area contributed by atoms with Crippen molar-refractivity contribution in [3.63, 3.8) is 0 Å². The van der Waals surface area contributed by atoms with Gasteiger partial charge in [0.15, 0.2) is 0 Å². The van der Waals surface area contributed by atoms with Crippen LogP contribution in [0.15, 0.2) is 103 Å². The molecule has 1 heterocycles. The van der Waals surface area contributed by atoms with Crippen LogP contribution in [-0.4, -0.2) is 0 Å². The first-order valence-electron chi connectivity index (χ1n) is 9.54. The summed E-state index contributed by atoms with van der Waals surface area (Å²) in [6, 6.07) is 36.2. The van der Waals surface area contributed by atoms with Crippen molar-refractivity contribution >= 4 is 33.2 Å². The van der Waals surface area contributed by atoms with E-state index in [1.807, 2.05) is 0 Å². The Kier molecular flexibility index (Phi) is 5.20. The molecule has 2 nitrogen and oxygen atoms in total. The van der Waals surface area contributed by atoms with Gasteiger partial charge in [-0.2, -0.15) is 4.57 Å². The van der Waals surface area contributed by atoms with E-state index in [2.05, 4.69) is 120 Å². The molecule has 0 spiro atoms. The van der Waals surface area contributed by atoms with Gasteiger partial charge in [-0.05, 0) is 23.8 Å². The molecule has 1 aromatic heterocycles. The van der Waals surface area contributed by atoms with Gasteiger partial charge in [-0.1, -0.05) is 72.8 Å². The topological polar surface area (TPSA) is 15.9 Å². The van der Waals surface area contributed by atoms with Crippen LogP contribution in [0.2, 0.25) is 0 Å². The van der Waals surface area contributed by atoms with E-state index in [1.54, 1.807) is 0 Å². The van der Waals surface area contributed by atoms with Crippen molar-refractivity contribution < 1.29 is 17.0 Å². The van der Waals surface area contributed by atoms with Gasteiger partial charge in [-0.3, -0.25) is 0 Å². The number of hydrogen-bond donors (Lipinski definition) is 1. The maximum Gasteiger partial charge on any atom is 0.214 e. The molecule has 142 valence electrons. The monoisotopic (exact) mass is 396 g/mol. The van der Waals surface area contributed by atoms with Crippen LogP contribution in [0.5, 0.6) is 0 Å². The molecule has 0 bridgehead atoms. The SMILES string of the molecule is C[n+]1c2ccccc2c(Nc2ccccc2-c2ccccc2)c2ccccc21.[Cl-]. The molecular weight excluding hydrogens is 376 g/mol. The Morgan fingerprint density at radius 2 is 1.10 bits per heavy atom. The molecular formula is C26H21ClN2. The molecule has 0 amide bonds. The van der Waals surface area contributed by atoms with Crippen LogP contribution in [0.4, 0.5) is 11.4 Å². The second-order valence-electron chi connectivity index (χ2n) is 7.00. The summed E-state index contributed by atoms with van der Waals surface area (Å²) in [7, 11) is 2.13. The van der Waals surface area contributed by atoms with Crippen LogP contribution in [-0.2, 0) is 7.05 Å². The smallest absolute Gasteiger partial charge is 0.214 e. The lowest BCUT2D eigenvalue weighted by Gasteiger charge is -2.15. The summed E-state index contributed by atoms with van der Waals surface area (Å²) >= 11 is 0. The molecule has 0 aliphatic rings. The highest BCUT2D eigenvalue weighted by Gasteiger charge is 2.18. The van der Waals surface area contributed by atoms with E-state index in [4.69, 9.17) is 0 Å². The van der Waals surface area contributed by atoms with Crippen LogP contribution < -0.4 is 22.3 Å². The standard InChI is InChI=1S/C26H20N2.ClH/c1-28-24-17-9-6-14-21(24)26(22-15-7-10-18-25(22)28)27-23-16-8-5-13-20(23)19-11-3-2-4-12-19;/h2-18H,1H3;1H. The zero-order chi connectivity index (χ0) is 18.9. The Labute approximate surface area is 176 Å². The van der Waals surface area contributed by atoms with Crippen molar-refractivity contribution in [3.05, 3.63) is 103 Å². The lowest BCUT2D eigenvalue weighted by Crippen LogP contribution is -3.00. The van der Waals surface area contributed by atoms with Crippen molar-refractivity contribution in [1.29, 1.82) is 0 Å². The second-order valence-corrected chi connectivity index (χ2v) is 7.00. The number of anilines is 2. The summed E-state index contributed by atoms with van der Waals surface area (Å²) in [5.41, 5.74) is 7.08. The lowest BCUT2D eigenvalue weighted by atomic mass is 10.0. The predicted molar refractivity (Wildman–Crippen MR) is 118 cm³/mol. The summed E-state index contributed by atoms with van der Waals surface area (Å²) < 4.78 is 2.26. The number of nitrogens with one attached hydrogen (secondary N) is 1. The number of nitrogens with zero attached hydrogens (tertiary/aromatic N) is 1. The van der Waals surface area contributed by atoms with E-state index in [1.165, 1.54) is 32.9 Å². The van der Waals surface area contributed by atoms with Gasteiger partial charge in [0, 0.05) is 23.4 Å². The number of benzene rings is 4. The van der Waals surface area contributed by atoms with Gasteiger partial charge in [-0.25, -0.2) is 0 Å². The molecule has 0 fully saturated rings. The first-order valence-corrected chi connectivity index (χ1v) is 9.54. The molecule has 0 radical (unpaired) electrons. The number of halogens is 1. The van der Waals surface area contributed by atoms with Crippen LogP contribution in [0.3, 0.4) is 0 Å². The highest BCUT2D eigenvalue weighted by molar-refractivity contribution is 6.07. The lowest BCUT2D eigenvalue weighted by molar-refractivity contribution is -0.617. The van der Waals surface area contributed by atoms with Gasteiger partial charge < -0.3 is 17.7 Å². The van der Waals surface area contributed by atoms with E-state index in [0.29, 0.717) is 0 Å². The average molecular weight is 397 g/mol. The Balaban J connectivity index is 0.00000205. The summed E-state index contributed by atoms with van der Waals surface area (Å²) in [5, 5.41) is 6.20. The highest BCUT2D eigenvalue weighted by Crippen LogP contribution is 2.35. The van der Waals surface area contributed by atoms with Crippen LogP contribution in [0.1, 0.15) is 0 Å². The molecule has 0 unspecified atom stereocenters. The Morgan fingerprint density at radius 1 is 0.586 bits per heavy atom. The number of para-hydroxylation sites is 3. The number of rotatable bonds is 3. The fourth-order valence-corrected chi connectivity index (χ4v) is 3.96. The van der Waals surface area contributed by atoms with Crippen molar-refractivity contribution in [2.75, 3.05) is 5.32 Å². The number of fused-ring (bicyclic) bond motifs is 2. The molecule has 1 N–H and O–H groups in total. The molecule has 0 saturated carbocycles. The summed E-state index contributed by atoms with van der Waals surface area (Å²) in [6.07, 6.45) is 0. The predicted octanol–water partition coefficient (Wildman–Crippen LogP) is 3.23. The normalized spacial score (nSPS) is 10.7. The number of hydrogen-bond acceptors (Lipinski definition) is 1. The largest absolute Gasteiger partial charge is 1.00 e. The molecule has 5 aromatic rings. The van der Waals surface area contributed by atoms with E-state index in [9.17, 15) is 0 Å². The maximum atomic E-state index is 3.77. The van der Waals surface area contributed by atoms with E-state index in [0.717, 1.165) is 11.4 Å². The van der Waals surface area contributed by atoms with E-state index < -0.39 is 0 Å². The minimum atomic E-state index is 0. The highest BCUT2D eigenvalue weighted by atomic mass is 35.5. The quantitative estimate of drug-likeness (QED) is 0.366. The third-order valence-corrected chi connectivity index (χ3v) is 5.34. The number of aromatic nitrogens is 1. The van der Waals surface area contributed by atoms with Crippen molar-refractivity contribution in [2.24, 2.45) is 7.05 Å². The third-order valence-electron chi connectivity index (χ3n) is 5.34. The summed E-state index contributed by atoms with van der Waals surface area (Å²) in [6.45, 7) is 0. The van der Waals surface area contributed by atoms with Crippen molar-refractivity contribution in [1.82, 2.24) is 0 Å². The van der Waals surface area contributed by atoms with Gasteiger partial charge in [0.1, 0.15) is 7.05 Å². The van der Waals surface area contributed by atoms with E-state index in [-0.39, 0.29) is 12.4 Å². The molecule has 5 rings (SSSR count). The van der Waals surface area contributed by atoms with Crippen LogP contribution in [0.25, 0.3) is 32.9 Å². The van der Waals surface area contributed by atoms with Gasteiger partial charge in [-0.15, -0.1) is 0 Å². The number of aryl methyl sites for hydroxylation is 1. The fourth-order valence-electron chi connectivity index (χ4n) is 3.96. The Hall–Kier alpha value is -3.36. The molecule has 0 saturated heterocycles. The zero-order valence-electron chi connectivity index (χ0n) is 16.1. The molecule has 29 heavy (non-hydrogen) atoms. The third kappa shape index (κ3) is 3.32. The van der Waals surface area contributed by atoms with Crippen molar-refractivity contribution in [2.45, 2.75) is 0 Å². The van der Waals surface area contributed by atoms with E-state index >= 15 is 0 Å². The van der Waals surface area contributed by atoms with Gasteiger partial charge >= 0.3 is 0 Å². The zero-order valence-corrected chi connectivity index (χ0v) is 16.9. The van der Waals surface area contributed by atoms with Gasteiger partial charge in [0.2, 0.25) is 11.0 Å². The maximum absolute atomic E-state index is 3.77. The molecule has 4 aromatic carbocycles. The van der Waals surface area contributed by atoms with Gasteiger partial charge in [0.05, 0.1) is 16.5 Å². The number of pyridine rings is 1. The summed E-state index contributed by atoms with van der Waals surface area (Å²) in [4.78, 5) is 0. The molecule has 3 heteroatoms. The van der Waals surface area contributed by atoms with Crippen LogP contribution in [0, 0.1) is 0 Å². The van der Waals surface area contributed by atoms with Crippen molar-refractivity contribution in [3.8, 4) is 11.1 Å². The second kappa shape index (κ2) is 7.94. The van der Waals surface area contributed by atoms with Gasteiger partial charge in [0.25, 0.3) is 0 Å². The first kappa shape index (κ1) is 19.0. The minimum Gasteiger partial charge on any atom is -1.00 e. The molecule has 0 atom stereocenters. The van der Waals surface area contributed by atoms with Crippen LogP contribution >= 0.6 is 0 Å². The average Bonchev–Trinajstić information content (AvgIpc) is 2.77. The fraction of sp³-hybridized carbons (Fsp3) is 0.0385. The Morgan fingerprint density at radius 3 is 1.76 bits per heavy atom.